The average Bonchev–Trinajstić information content (AvgIpc) is 2.84. The number of hydrogen-bond acceptors (Lipinski definition) is 2. The highest BCUT2D eigenvalue weighted by Gasteiger charge is 2.46. The van der Waals surface area contributed by atoms with Gasteiger partial charge in [0.2, 0.25) is 0 Å². The highest BCUT2D eigenvalue weighted by atomic mass is 16.5. The van der Waals surface area contributed by atoms with E-state index in [4.69, 9.17) is 9.47 Å². The highest BCUT2D eigenvalue weighted by Crippen LogP contribution is 2.38. The van der Waals surface area contributed by atoms with E-state index in [1.165, 1.54) is 22.6 Å². The smallest absolute Gasteiger partial charge is 0.351 e. The van der Waals surface area contributed by atoms with Crippen molar-refractivity contribution in [3.8, 4) is 11.5 Å². The predicted octanol–water partition coefficient (Wildman–Crippen LogP) is 4.59. The molecule has 0 bridgehead atoms. The van der Waals surface area contributed by atoms with Crippen LogP contribution in [0.4, 0.5) is 11.4 Å². The molecule has 1 aliphatic rings. The second-order valence-electron chi connectivity index (χ2n) is 6.79. The van der Waals surface area contributed by atoms with Crippen molar-refractivity contribution in [3.05, 3.63) is 47.5 Å². The molecule has 0 N–H and O–H groups in total. The maximum atomic E-state index is 5.67. The zero-order chi connectivity index (χ0) is 19.0. The molecular weight excluding hydrogens is 324 g/mol. The van der Waals surface area contributed by atoms with Gasteiger partial charge in [0.1, 0.15) is 0 Å². The molecule has 1 heterocycles. The van der Waals surface area contributed by atoms with E-state index in [9.17, 15) is 0 Å². The molecule has 2 aromatic carbocycles. The Morgan fingerprint density at radius 1 is 0.692 bits per heavy atom. The zero-order valence-corrected chi connectivity index (χ0v) is 16.8. The summed E-state index contributed by atoms with van der Waals surface area (Å²) in [6.45, 7) is 10.8. The van der Waals surface area contributed by atoms with Crippen LogP contribution in [0.25, 0.3) is 0 Å². The first-order valence-corrected chi connectivity index (χ1v) is 8.95. The number of benzene rings is 2. The molecule has 26 heavy (non-hydrogen) atoms. The summed E-state index contributed by atoms with van der Waals surface area (Å²) in [5.74, 6) is 1.78. The van der Waals surface area contributed by atoms with E-state index in [1.807, 2.05) is 24.3 Å². The fourth-order valence-corrected chi connectivity index (χ4v) is 3.94. The molecule has 0 radical (unpaired) electrons. The molecule has 0 amide bonds. The van der Waals surface area contributed by atoms with Crippen molar-refractivity contribution in [2.75, 3.05) is 14.2 Å². The molecule has 0 fully saturated rings. The maximum absolute atomic E-state index is 5.67. The van der Waals surface area contributed by atoms with Crippen LogP contribution in [0, 0.1) is 13.8 Å². The molecule has 2 aromatic rings. The topological polar surface area (TPSA) is 24.5 Å². The number of methoxy groups -OCH3 is 2. The Balaban J connectivity index is 2.21. The van der Waals surface area contributed by atoms with Gasteiger partial charge in [-0.15, -0.1) is 9.15 Å². The molecule has 0 unspecified atom stereocenters. The summed E-state index contributed by atoms with van der Waals surface area (Å²) < 4.78 is 16.1. The van der Waals surface area contributed by atoms with Gasteiger partial charge in [0.15, 0.2) is 11.5 Å². The summed E-state index contributed by atoms with van der Waals surface area (Å²) in [6, 6.07) is 12.4. The molecule has 0 spiro atoms. The van der Waals surface area contributed by atoms with Crippen LogP contribution in [-0.4, -0.2) is 41.0 Å². The molecule has 0 aromatic heterocycles. The summed E-state index contributed by atoms with van der Waals surface area (Å²) in [7, 11) is 3.46. The van der Waals surface area contributed by atoms with E-state index in [-0.39, 0.29) is 6.17 Å². The van der Waals surface area contributed by atoms with Crippen molar-refractivity contribution < 1.29 is 18.6 Å². The lowest BCUT2D eigenvalue weighted by molar-refractivity contribution is -0.688. The molecule has 136 valence electrons. The molecule has 0 saturated heterocycles. The Kier molecular flexibility index (Phi) is 4.86. The van der Waals surface area contributed by atoms with Crippen molar-refractivity contribution in [2.45, 2.75) is 40.8 Å². The third-order valence-electron chi connectivity index (χ3n) is 5.32. The number of hydrogen-bond donors (Lipinski definition) is 0. The van der Waals surface area contributed by atoms with E-state index in [0.717, 1.165) is 22.9 Å². The minimum atomic E-state index is 0.111. The number of para-hydroxylation sites is 2. The van der Waals surface area contributed by atoms with E-state index < -0.39 is 0 Å². The minimum Gasteiger partial charge on any atom is -0.490 e. The first-order chi connectivity index (χ1) is 12.4. The maximum Gasteiger partial charge on any atom is 0.351 e. The van der Waals surface area contributed by atoms with Gasteiger partial charge in [0.25, 0.3) is 22.8 Å². The molecule has 4 heteroatoms. The van der Waals surface area contributed by atoms with Gasteiger partial charge < -0.3 is 9.47 Å². The SMILES string of the molecule is COc1cccc(C)c1[N+]1=C(C)C(C)=[N+](c2c(C)cccc2OC)C1C. The largest absolute Gasteiger partial charge is 0.490 e. The van der Waals surface area contributed by atoms with Crippen LogP contribution in [0.5, 0.6) is 11.5 Å². The van der Waals surface area contributed by atoms with E-state index in [1.54, 1.807) is 14.2 Å². The quantitative estimate of drug-likeness (QED) is 0.752. The third-order valence-corrected chi connectivity index (χ3v) is 5.32. The molecule has 3 rings (SSSR count). The van der Waals surface area contributed by atoms with Crippen molar-refractivity contribution >= 4 is 22.8 Å². The predicted molar refractivity (Wildman–Crippen MR) is 106 cm³/mol. The number of nitrogens with zero attached hydrogens (tertiary/aromatic N) is 2. The highest BCUT2D eigenvalue weighted by molar-refractivity contribution is 6.37. The van der Waals surface area contributed by atoms with Gasteiger partial charge in [-0.2, -0.15) is 0 Å². The van der Waals surface area contributed by atoms with E-state index >= 15 is 0 Å². The molecule has 1 aliphatic heterocycles. The summed E-state index contributed by atoms with van der Waals surface area (Å²) in [5.41, 5.74) is 7.07. The van der Waals surface area contributed by atoms with Crippen molar-refractivity contribution in [3.63, 3.8) is 0 Å². The third kappa shape index (κ3) is 2.70. The van der Waals surface area contributed by atoms with Crippen molar-refractivity contribution in [1.29, 1.82) is 0 Å². The van der Waals surface area contributed by atoms with Crippen LogP contribution in [0.1, 0.15) is 31.9 Å². The van der Waals surface area contributed by atoms with Gasteiger partial charge in [0.05, 0.1) is 21.1 Å². The fraction of sp³-hybridized carbons (Fsp3) is 0.364. The van der Waals surface area contributed by atoms with Crippen LogP contribution in [-0.2, 0) is 0 Å². The van der Waals surface area contributed by atoms with E-state index in [0.29, 0.717) is 0 Å². The normalized spacial score (nSPS) is 15.0. The first-order valence-electron chi connectivity index (χ1n) is 8.95. The Labute approximate surface area is 156 Å². The fourth-order valence-electron chi connectivity index (χ4n) is 3.94. The van der Waals surface area contributed by atoms with Crippen molar-refractivity contribution in [1.82, 2.24) is 0 Å². The summed E-state index contributed by atoms with van der Waals surface area (Å²) in [6.07, 6.45) is 0.111. The van der Waals surface area contributed by atoms with E-state index in [2.05, 4.69) is 55.9 Å². The summed E-state index contributed by atoms with van der Waals surface area (Å²) >= 11 is 0. The lowest BCUT2D eigenvalue weighted by Gasteiger charge is -2.13. The molecular formula is C22H28N2O2+2. The second-order valence-corrected chi connectivity index (χ2v) is 6.79. The monoisotopic (exact) mass is 352 g/mol. The standard InChI is InChI=1S/C22H28N2O2/c1-14-10-8-12-19(25-6)21(14)23-16(3)17(4)24(18(23)5)22-15(2)11-9-13-20(22)26-7/h8-13,18H,1-7H3/q+2. The Morgan fingerprint density at radius 3 is 1.42 bits per heavy atom. The minimum absolute atomic E-state index is 0.111. The van der Waals surface area contributed by atoms with Crippen LogP contribution in [0.15, 0.2) is 36.4 Å². The van der Waals surface area contributed by atoms with Gasteiger partial charge >= 0.3 is 6.17 Å². The lowest BCUT2D eigenvalue weighted by Crippen LogP contribution is -2.27. The average molecular weight is 352 g/mol. The summed E-state index contributed by atoms with van der Waals surface area (Å²) in [4.78, 5) is 0. The lowest BCUT2D eigenvalue weighted by atomic mass is 10.1. The van der Waals surface area contributed by atoms with Gasteiger partial charge in [-0.1, -0.05) is 24.3 Å². The second kappa shape index (κ2) is 6.94. The van der Waals surface area contributed by atoms with Crippen LogP contribution < -0.4 is 9.47 Å². The number of aryl methyl sites for hydroxylation is 2. The first kappa shape index (κ1) is 18.2. The number of rotatable bonds is 4. The Bertz CT molecular complexity index is 850. The number of ether oxygens (including phenoxy) is 2. The van der Waals surface area contributed by atoms with Gasteiger partial charge in [-0.3, -0.25) is 0 Å². The molecule has 4 nitrogen and oxygen atoms in total. The summed E-state index contributed by atoms with van der Waals surface area (Å²) in [5, 5.41) is 0. The zero-order valence-electron chi connectivity index (χ0n) is 16.8. The van der Waals surface area contributed by atoms with Crippen LogP contribution >= 0.6 is 0 Å². The molecule has 0 aliphatic carbocycles. The van der Waals surface area contributed by atoms with Crippen molar-refractivity contribution in [2.24, 2.45) is 0 Å². The van der Waals surface area contributed by atoms with Crippen LogP contribution in [0.2, 0.25) is 0 Å². The Hall–Kier alpha value is -2.62. The van der Waals surface area contributed by atoms with Crippen LogP contribution in [0.3, 0.4) is 0 Å². The molecule has 0 saturated carbocycles. The Morgan fingerprint density at radius 2 is 1.08 bits per heavy atom. The van der Waals surface area contributed by atoms with Gasteiger partial charge in [0, 0.05) is 25.0 Å². The molecule has 0 atom stereocenters. The van der Waals surface area contributed by atoms with Gasteiger partial charge in [-0.25, -0.2) is 0 Å². The van der Waals surface area contributed by atoms with Gasteiger partial charge in [-0.05, 0) is 26.0 Å².